The molecular formula is C28H40N2O11. The SMILES string of the molecule is C#Cc1ccc(CC(=O)NC[C@@H](O)[C@@H](O)C2OC(OCCCCCCOC)(C(=O)O)CC(O)C2NC(=O)CO)cc1. The Kier molecular flexibility index (Phi) is 14.1. The fourth-order valence-electron chi connectivity index (χ4n) is 4.41. The van der Waals surface area contributed by atoms with Crippen LogP contribution < -0.4 is 10.6 Å². The maximum Gasteiger partial charge on any atom is 0.364 e. The summed E-state index contributed by atoms with van der Waals surface area (Å²) in [6, 6.07) is 5.29. The molecule has 6 atom stereocenters. The van der Waals surface area contributed by atoms with E-state index in [1.165, 1.54) is 0 Å². The number of nitrogens with one attached hydrogen (secondary N) is 2. The zero-order chi connectivity index (χ0) is 30.4. The number of hydrogen-bond acceptors (Lipinski definition) is 10. The van der Waals surface area contributed by atoms with Crippen molar-refractivity contribution >= 4 is 17.8 Å². The van der Waals surface area contributed by atoms with E-state index in [9.17, 15) is 34.8 Å². The smallest absolute Gasteiger partial charge is 0.364 e. The Morgan fingerprint density at radius 3 is 2.37 bits per heavy atom. The molecule has 41 heavy (non-hydrogen) atoms. The highest BCUT2D eigenvalue weighted by Crippen LogP contribution is 2.33. The highest BCUT2D eigenvalue weighted by atomic mass is 16.7. The molecule has 228 valence electrons. The molecule has 2 amide bonds. The monoisotopic (exact) mass is 580 g/mol. The Bertz CT molecular complexity index is 1030. The molecule has 1 aromatic carbocycles. The molecule has 1 aromatic rings. The summed E-state index contributed by atoms with van der Waals surface area (Å²) in [7, 11) is 1.60. The maximum atomic E-state index is 12.4. The van der Waals surface area contributed by atoms with E-state index in [0.717, 1.165) is 19.3 Å². The largest absolute Gasteiger partial charge is 0.477 e. The van der Waals surface area contributed by atoms with Gasteiger partial charge in [0.05, 0.1) is 31.3 Å². The van der Waals surface area contributed by atoms with Crippen molar-refractivity contribution in [2.45, 2.75) is 74.8 Å². The molecular weight excluding hydrogens is 540 g/mol. The first kappa shape index (κ1) is 34.1. The van der Waals surface area contributed by atoms with Crippen molar-refractivity contribution in [2.24, 2.45) is 0 Å². The normalized spacial score (nSPS) is 23.7. The van der Waals surface area contributed by atoms with Crippen molar-refractivity contribution in [3.8, 4) is 12.3 Å². The van der Waals surface area contributed by atoms with E-state index >= 15 is 0 Å². The molecule has 0 radical (unpaired) electrons. The van der Waals surface area contributed by atoms with E-state index in [0.29, 0.717) is 24.2 Å². The van der Waals surface area contributed by atoms with E-state index in [1.807, 2.05) is 0 Å². The summed E-state index contributed by atoms with van der Waals surface area (Å²) in [6.07, 6.45) is 0.668. The van der Waals surface area contributed by atoms with Gasteiger partial charge in [0.25, 0.3) is 5.79 Å². The maximum absolute atomic E-state index is 12.4. The predicted octanol–water partition coefficient (Wildman–Crippen LogP) is -1.32. The number of amides is 2. The third-order valence-electron chi connectivity index (χ3n) is 6.67. The summed E-state index contributed by atoms with van der Waals surface area (Å²) < 4.78 is 16.3. The Balaban J connectivity index is 2.09. The average Bonchev–Trinajstić information content (AvgIpc) is 2.96. The number of aliphatic hydroxyl groups is 4. The number of carbonyl (C=O) groups is 3. The van der Waals surface area contributed by atoms with Crippen LogP contribution in [0.15, 0.2) is 24.3 Å². The van der Waals surface area contributed by atoms with Crippen LogP contribution in [-0.4, -0.2) is 113 Å². The van der Waals surface area contributed by atoms with Crippen LogP contribution in [0.25, 0.3) is 0 Å². The summed E-state index contributed by atoms with van der Waals surface area (Å²) in [4.78, 5) is 36.6. The van der Waals surface area contributed by atoms with Gasteiger partial charge in [-0.25, -0.2) is 4.79 Å². The predicted molar refractivity (Wildman–Crippen MR) is 144 cm³/mol. The minimum atomic E-state index is -2.38. The molecule has 2 rings (SSSR count). The highest BCUT2D eigenvalue weighted by Gasteiger charge is 2.55. The minimum absolute atomic E-state index is 0.0383. The second-order valence-electron chi connectivity index (χ2n) is 9.80. The number of unbranched alkanes of at least 4 members (excludes halogenated alkanes) is 3. The number of aliphatic carboxylic acids is 1. The number of carbonyl (C=O) groups excluding carboxylic acids is 2. The van der Waals surface area contributed by atoms with E-state index in [-0.39, 0.29) is 13.0 Å². The summed E-state index contributed by atoms with van der Waals surface area (Å²) in [6.45, 7) is -0.848. The van der Waals surface area contributed by atoms with E-state index in [4.69, 9.17) is 25.7 Å². The number of methoxy groups -OCH3 is 1. The lowest BCUT2D eigenvalue weighted by molar-refractivity contribution is -0.310. The van der Waals surface area contributed by atoms with Gasteiger partial charge in [-0.05, 0) is 30.5 Å². The number of ether oxygens (including phenoxy) is 3. The van der Waals surface area contributed by atoms with Crippen molar-refractivity contribution < 1.29 is 54.1 Å². The van der Waals surface area contributed by atoms with Crippen molar-refractivity contribution in [2.75, 3.05) is 33.5 Å². The molecule has 13 nitrogen and oxygen atoms in total. The minimum Gasteiger partial charge on any atom is -0.477 e. The lowest BCUT2D eigenvalue weighted by atomic mass is 9.88. The molecule has 0 spiro atoms. The Morgan fingerprint density at radius 2 is 1.78 bits per heavy atom. The number of aliphatic hydroxyl groups excluding tert-OH is 4. The zero-order valence-corrected chi connectivity index (χ0v) is 23.0. The van der Waals surface area contributed by atoms with E-state index in [1.54, 1.807) is 31.4 Å². The lowest BCUT2D eigenvalue weighted by Gasteiger charge is -2.46. The topological polar surface area (TPSA) is 204 Å². The Hall–Kier alpha value is -3.09. The van der Waals surface area contributed by atoms with Gasteiger partial charge in [0, 0.05) is 32.2 Å². The summed E-state index contributed by atoms with van der Waals surface area (Å²) in [5.41, 5.74) is 1.30. The fourth-order valence-corrected chi connectivity index (χ4v) is 4.41. The molecule has 0 bridgehead atoms. The van der Waals surface area contributed by atoms with Crippen LogP contribution in [0.3, 0.4) is 0 Å². The fraction of sp³-hybridized carbons (Fsp3) is 0.607. The molecule has 0 saturated carbocycles. The van der Waals surface area contributed by atoms with Gasteiger partial charge in [-0.3, -0.25) is 9.59 Å². The van der Waals surface area contributed by atoms with Crippen LogP contribution >= 0.6 is 0 Å². The molecule has 1 aliphatic rings. The van der Waals surface area contributed by atoms with Gasteiger partial charge in [-0.2, -0.15) is 0 Å². The molecule has 13 heteroatoms. The van der Waals surface area contributed by atoms with Gasteiger partial charge in [0.1, 0.15) is 18.8 Å². The molecule has 0 aromatic heterocycles. The number of benzene rings is 1. The van der Waals surface area contributed by atoms with Gasteiger partial charge in [0.2, 0.25) is 11.8 Å². The van der Waals surface area contributed by atoms with Gasteiger partial charge < -0.3 is 50.4 Å². The zero-order valence-electron chi connectivity index (χ0n) is 23.0. The summed E-state index contributed by atoms with van der Waals surface area (Å²) in [5, 5.41) is 56.3. The second-order valence-corrected chi connectivity index (χ2v) is 9.80. The number of carboxylic acids is 1. The van der Waals surface area contributed by atoms with Gasteiger partial charge in [-0.1, -0.05) is 30.9 Å². The lowest BCUT2D eigenvalue weighted by Crippen LogP contribution is -2.68. The average molecular weight is 581 g/mol. The summed E-state index contributed by atoms with van der Waals surface area (Å²) in [5.74, 6) is -2.89. The molecule has 4 unspecified atom stereocenters. The number of terminal acetylenes is 1. The van der Waals surface area contributed by atoms with Gasteiger partial charge in [-0.15, -0.1) is 6.42 Å². The summed E-state index contributed by atoms with van der Waals surface area (Å²) >= 11 is 0. The third-order valence-corrected chi connectivity index (χ3v) is 6.67. The molecule has 7 N–H and O–H groups in total. The van der Waals surface area contributed by atoms with Crippen LogP contribution in [0.5, 0.6) is 0 Å². The molecule has 1 saturated heterocycles. The van der Waals surface area contributed by atoms with Crippen LogP contribution in [0, 0.1) is 12.3 Å². The first-order chi connectivity index (χ1) is 19.6. The molecule has 1 heterocycles. The van der Waals surface area contributed by atoms with Crippen molar-refractivity contribution in [3.63, 3.8) is 0 Å². The van der Waals surface area contributed by atoms with E-state index in [2.05, 4.69) is 16.6 Å². The standard InChI is InChI=1S/C28H40N2O11/c1-3-18-8-10-19(11-9-18)14-22(34)29-16-21(33)25(36)26-24(30-23(35)17-31)20(32)15-28(41-26,27(37)38)40-13-7-5-4-6-12-39-2/h1,8-11,20-21,24-26,31-33,36H,4-7,12-17H2,2H3,(H,29,34)(H,30,35)(H,37,38)/t20?,21-,24?,25-,26?,28?/m1/s1. The molecule has 1 aliphatic heterocycles. The molecule has 0 aliphatic carbocycles. The van der Waals surface area contributed by atoms with Crippen LogP contribution in [0.2, 0.25) is 0 Å². The van der Waals surface area contributed by atoms with Gasteiger partial charge >= 0.3 is 5.97 Å². The van der Waals surface area contributed by atoms with Crippen LogP contribution in [-0.2, 0) is 35.0 Å². The van der Waals surface area contributed by atoms with Gasteiger partial charge in [0.15, 0.2) is 0 Å². The van der Waals surface area contributed by atoms with Crippen molar-refractivity contribution in [1.29, 1.82) is 0 Å². The highest BCUT2D eigenvalue weighted by molar-refractivity contribution is 5.79. The number of carboxylic acid groups (broad SMARTS) is 1. The Labute approximate surface area is 238 Å². The first-order valence-corrected chi connectivity index (χ1v) is 13.4. The quantitative estimate of drug-likeness (QED) is 0.0850. The number of rotatable bonds is 17. The van der Waals surface area contributed by atoms with Crippen molar-refractivity contribution in [1.82, 2.24) is 10.6 Å². The van der Waals surface area contributed by atoms with Crippen molar-refractivity contribution in [3.05, 3.63) is 35.4 Å². The van der Waals surface area contributed by atoms with E-state index < -0.39 is 73.6 Å². The second kappa shape index (κ2) is 17.0. The Morgan fingerprint density at radius 1 is 1.12 bits per heavy atom. The third kappa shape index (κ3) is 10.4. The van der Waals surface area contributed by atoms with Crippen LogP contribution in [0.1, 0.15) is 43.2 Å². The number of hydrogen-bond donors (Lipinski definition) is 7. The molecule has 1 fully saturated rings. The first-order valence-electron chi connectivity index (χ1n) is 13.4. The van der Waals surface area contributed by atoms with Crippen LogP contribution in [0.4, 0.5) is 0 Å².